The number of carbonyl (C=O) groups excluding carboxylic acids is 1. The molecule has 0 aliphatic rings. The van der Waals surface area contributed by atoms with Gasteiger partial charge in [-0.15, -0.1) is 0 Å². The van der Waals surface area contributed by atoms with Crippen LogP contribution < -0.4 is 10.6 Å². The van der Waals surface area contributed by atoms with Gasteiger partial charge in [0.15, 0.2) is 0 Å². The zero-order valence-corrected chi connectivity index (χ0v) is 25.4. The number of nitrogens with two attached hydrogens (primary N) is 2. The number of aliphatic hydroxyl groups is 1. The fraction of sp³-hybridized carbons (Fsp3) is 0.833. The van der Waals surface area contributed by atoms with Gasteiger partial charge in [-0.3, -0.25) is 9.59 Å². The van der Waals surface area contributed by atoms with Crippen molar-refractivity contribution in [2.75, 3.05) is 19.7 Å². The molecule has 0 radical (unpaired) electrons. The Bertz CT molecular complexity index is 453. The van der Waals surface area contributed by atoms with Crippen molar-refractivity contribution in [1.82, 2.24) is 10.6 Å². The van der Waals surface area contributed by atoms with Gasteiger partial charge >= 0.3 is 40.3 Å². The summed E-state index contributed by atoms with van der Waals surface area (Å²) < 4.78 is 0. The average molecular weight is 724 g/mol. The SMILES string of the molecule is CCCCCCCCCCCCCCCCNC(=O)O.O=C(O)CCC(=O)NCCO.[CH3-].[Cl][Pt].[NH2-].[NH2-]. The second-order valence-corrected chi connectivity index (χ2v) is 7.80. The average Bonchev–Trinajstić information content (AvgIpc) is 2.80. The Hall–Kier alpha value is -0.932. The van der Waals surface area contributed by atoms with Gasteiger partial charge in [-0.25, -0.2) is 4.79 Å². The van der Waals surface area contributed by atoms with Crippen LogP contribution in [0.5, 0.6) is 0 Å². The van der Waals surface area contributed by atoms with E-state index in [4.69, 9.17) is 15.3 Å². The van der Waals surface area contributed by atoms with Crippen LogP contribution >= 0.6 is 9.42 Å². The molecule has 9 N–H and O–H groups in total. The number of rotatable bonds is 20. The van der Waals surface area contributed by atoms with E-state index < -0.39 is 12.1 Å². The number of halogens is 1. The summed E-state index contributed by atoms with van der Waals surface area (Å²) in [6.07, 6.45) is 17.6. The third-order valence-electron chi connectivity index (χ3n) is 4.81. The Morgan fingerprint density at radius 2 is 1.06 bits per heavy atom. The summed E-state index contributed by atoms with van der Waals surface area (Å²) in [5.41, 5.74) is 0. The zero-order chi connectivity index (χ0) is 25.6. The number of aliphatic carboxylic acids is 1. The van der Waals surface area contributed by atoms with Crippen molar-refractivity contribution >= 4 is 27.4 Å². The van der Waals surface area contributed by atoms with Crippen molar-refractivity contribution in [2.24, 2.45) is 0 Å². The third-order valence-corrected chi connectivity index (χ3v) is 4.81. The Morgan fingerprint density at radius 3 is 1.39 bits per heavy atom. The predicted octanol–water partition coefficient (Wildman–Crippen LogP) is 7.27. The van der Waals surface area contributed by atoms with Gasteiger partial charge < -0.3 is 45.7 Å². The van der Waals surface area contributed by atoms with Crippen LogP contribution in [-0.4, -0.2) is 53.0 Å². The number of hydrogen-bond acceptors (Lipinski definition) is 4. The number of amides is 2. The maximum absolute atomic E-state index is 10.6. The smallest absolute Gasteiger partial charge is 0.693 e. The van der Waals surface area contributed by atoms with Gasteiger partial charge in [0.1, 0.15) is 0 Å². The zero-order valence-electron chi connectivity index (χ0n) is 22.4. The Balaban J connectivity index is -0.000000121. The van der Waals surface area contributed by atoms with Crippen molar-refractivity contribution in [3.8, 4) is 0 Å². The van der Waals surface area contributed by atoms with Crippen molar-refractivity contribution < 1.29 is 48.5 Å². The molecular weight excluding hydrogens is 671 g/mol. The van der Waals surface area contributed by atoms with Crippen LogP contribution in [0.15, 0.2) is 0 Å². The minimum Gasteiger partial charge on any atom is -0.693 e. The molecule has 0 bridgehead atoms. The number of aliphatic hydroxyl groups excluding tert-OH is 1. The molecule has 0 unspecified atom stereocenters. The maximum Gasteiger partial charge on any atom is -0.693 e. The van der Waals surface area contributed by atoms with Crippen LogP contribution in [0.2, 0.25) is 0 Å². The second-order valence-electron chi connectivity index (χ2n) is 7.80. The summed E-state index contributed by atoms with van der Waals surface area (Å²) in [5, 5.41) is 29.6. The standard InChI is InChI=1S/C17H35NO2.C6H11NO4.CH3.ClH.2H2N.Pt/c1-2-3-4-5-6-7-8-9-10-11-12-13-14-15-16-18-17(19)20;8-4-3-7-5(9)1-2-6(10)11;;;;;/h18H,2-16H2,1H3,(H,19,20);8H,1-4H2,(H,7,9)(H,10,11);1H3;1H;2*1H2;/q;;-1;;2*-1;+1/p-1. The fourth-order valence-electron chi connectivity index (χ4n) is 3.02. The van der Waals surface area contributed by atoms with Crippen LogP contribution in [0, 0.1) is 7.43 Å². The summed E-state index contributed by atoms with van der Waals surface area (Å²) in [6.45, 7) is 2.92. The van der Waals surface area contributed by atoms with Crippen LogP contribution in [0.4, 0.5) is 4.79 Å². The molecule has 0 fully saturated rings. The van der Waals surface area contributed by atoms with Gasteiger partial charge in [-0.05, 0) is 6.42 Å². The van der Waals surface area contributed by atoms with E-state index in [0.29, 0.717) is 6.54 Å². The van der Waals surface area contributed by atoms with Gasteiger partial charge in [0.2, 0.25) is 5.91 Å². The van der Waals surface area contributed by atoms with Gasteiger partial charge in [-0.2, -0.15) is 0 Å². The molecular formula is C24H53ClN4O6Pt-3. The van der Waals surface area contributed by atoms with E-state index in [1.54, 1.807) is 18.8 Å². The molecule has 36 heavy (non-hydrogen) atoms. The Labute approximate surface area is 235 Å². The molecule has 0 heterocycles. The second kappa shape index (κ2) is 44.1. The van der Waals surface area contributed by atoms with Crippen molar-refractivity contribution in [3.05, 3.63) is 19.7 Å². The molecule has 0 spiro atoms. The normalized spacial score (nSPS) is 8.92. The molecule has 12 heteroatoms. The largest absolute Gasteiger partial charge is 0.693 e. The molecule has 0 atom stereocenters. The summed E-state index contributed by atoms with van der Waals surface area (Å²) in [6, 6.07) is 0. The van der Waals surface area contributed by atoms with E-state index in [9.17, 15) is 14.4 Å². The van der Waals surface area contributed by atoms with E-state index in [1.807, 2.05) is 0 Å². The molecule has 0 aromatic rings. The number of hydrogen-bond donors (Lipinski definition) is 5. The molecule has 225 valence electrons. The molecule has 2 amide bonds. The van der Waals surface area contributed by atoms with E-state index >= 15 is 0 Å². The monoisotopic (exact) mass is 723 g/mol. The fourth-order valence-corrected chi connectivity index (χ4v) is 3.02. The molecule has 0 saturated carbocycles. The first-order valence-corrected chi connectivity index (χ1v) is 14.9. The Morgan fingerprint density at radius 1 is 0.667 bits per heavy atom. The molecule has 10 nitrogen and oxygen atoms in total. The number of nitrogens with one attached hydrogen (secondary N) is 2. The summed E-state index contributed by atoms with van der Waals surface area (Å²) >= 11 is 1.61. The number of carbonyl (C=O) groups is 3. The first-order chi connectivity index (χ1) is 15.9. The maximum atomic E-state index is 10.6. The Kier molecular flexibility index (Phi) is 59.0. The van der Waals surface area contributed by atoms with Gasteiger partial charge in [0.25, 0.3) is 0 Å². The number of carboxylic acids is 1. The molecule has 0 aromatic heterocycles. The minimum absolute atomic E-state index is 0. The summed E-state index contributed by atoms with van der Waals surface area (Å²) in [4.78, 5) is 30.8. The van der Waals surface area contributed by atoms with Gasteiger partial charge in [-0.1, -0.05) is 90.4 Å². The third kappa shape index (κ3) is 54.1. The quantitative estimate of drug-likeness (QED) is 0.0645. The van der Waals surface area contributed by atoms with Crippen molar-refractivity contribution in [2.45, 2.75) is 110 Å². The van der Waals surface area contributed by atoms with E-state index in [0.717, 1.165) is 12.8 Å². The van der Waals surface area contributed by atoms with E-state index in [2.05, 4.69) is 27.0 Å². The first-order valence-electron chi connectivity index (χ1n) is 12.1. The van der Waals surface area contributed by atoms with Crippen LogP contribution in [-0.2, 0) is 28.4 Å². The van der Waals surface area contributed by atoms with Crippen molar-refractivity contribution in [1.29, 1.82) is 0 Å². The molecule has 0 aromatic carbocycles. The van der Waals surface area contributed by atoms with Gasteiger partial charge in [0, 0.05) is 19.5 Å². The molecule has 0 aliphatic heterocycles. The van der Waals surface area contributed by atoms with Crippen LogP contribution in [0.3, 0.4) is 0 Å². The summed E-state index contributed by atoms with van der Waals surface area (Å²) in [5.74, 6) is -1.34. The van der Waals surface area contributed by atoms with E-state index in [1.165, 1.54) is 77.0 Å². The van der Waals surface area contributed by atoms with Gasteiger partial charge in [0.05, 0.1) is 13.0 Å². The topological polar surface area (TPSA) is 203 Å². The summed E-state index contributed by atoms with van der Waals surface area (Å²) in [7, 11) is 4.61. The molecule has 0 saturated heterocycles. The van der Waals surface area contributed by atoms with Crippen LogP contribution in [0.1, 0.15) is 110 Å². The number of carboxylic acid groups (broad SMARTS) is 2. The minimum atomic E-state index is -0.996. The van der Waals surface area contributed by atoms with Crippen molar-refractivity contribution in [3.63, 3.8) is 0 Å². The molecule has 0 aliphatic carbocycles. The molecule has 0 rings (SSSR count). The number of unbranched alkanes of at least 4 members (excludes halogenated alkanes) is 13. The van der Waals surface area contributed by atoms with E-state index in [-0.39, 0.29) is 51.6 Å². The van der Waals surface area contributed by atoms with Crippen LogP contribution in [0.25, 0.3) is 12.3 Å². The predicted molar refractivity (Wildman–Crippen MR) is 146 cm³/mol. The first kappa shape index (κ1) is 48.2.